The summed E-state index contributed by atoms with van der Waals surface area (Å²) in [6.07, 6.45) is 1.31. The first-order valence-corrected chi connectivity index (χ1v) is 12.7. The molecule has 0 saturated carbocycles. The van der Waals surface area contributed by atoms with Crippen LogP contribution in [-0.4, -0.2) is 45.4 Å². The van der Waals surface area contributed by atoms with Gasteiger partial charge in [0, 0.05) is 60.3 Å². The SMILES string of the molecule is C=CN(CC)c1ccc2c(c1)Oc1cc(N(CC)CCOC(=O)NC)ccc1C21OC(=O)c2ccccc21. The second-order valence-corrected chi connectivity index (χ2v) is 9.01. The van der Waals surface area contributed by atoms with Crippen LogP contribution in [0.4, 0.5) is 16.2 Å². The van der Waals surface area contributed by atoms with Crippen molar-refractivity contribution in [2.45, 2.75) is 19.4 Å². The molecule has 0 aromatic heterocycles. The number of rotatable bonds is 8. The van der Waals surface area contributed by atoms with Crippen LogP contribution in [0.2, 0.25) is 0 Å². The van der Waals surface area contributed by atoms with Gasteiger partial charge < -0.3 is 29.3 Å². The molecule has 2 aliphatic heterocycles. The van der Waals surface area contributed by atoms with Crippen LogP contribution in [0.1, 0.15) is 40.9 Å². The molecule has 0 fully saturated rings. The van der Waals surface area contributed by atoms with Crippen LogP contribution in [0, 0.1) is 0 Å². The number of ether oxygens (including phenoxy) is 3. The third-order valence-electron chi connectivity index (χ3n) is 7.12. The van der Waals surface area contributed by atoms with E-state index in [-0.39, 0.29) is 12.6 Å². The van der Waals surface area contributed by atoms with Crippen LogP contribution in [0.15, 0.2) is 73.4 Å². The van der Waals surface area contributed by atoms with Crippen molar-refractivity contribution in [1.82, 2.24) is 5.32 Å². The number of fused-ring (bicyclic) bond motifs is 6. The number of benzene rings is 3. The first-order chi connectivity index (χ1) is 18.5. The summed E-state index contributed by atoms with van der Waals surface area (Å²) in [5, 5.41) is 2.46. The summed E-state index contributed by atoms with van der Waals surface area (Å²) in [6, 6.07) is 19.3. The molecule has 1 N–H and O–H groups in total. The van der Waals surface area contributed by atoms with Crippen molar-refractivity contribution in [3.63, 3.8) is 0 Å². The molecule has 1 spiro atoms. The van der Waals surface area contributed by atoms with E-state index in [1.165, 1.54) is 7.05 Å². The van der Waals surface area contributed by atoms with Gasteiger partial charge in [-0.05, 0) is 50.4 Å². The van der Waals surface area contributed by atoms with E-state index in [0.29, 0.717) is 30.2 Å². The van der Waals surface area contributed by atoms with Crippen molar-refractivity contribution >= 4 is 23.4 Å². The number of esters is 1. The maximum atomic E-state index is 13.1. The van der Waals surface area contributed by atoms with E-state index in [2.05, 4.69) is 16.8 Å². The predicted octanol–water partition coefficient (Wildman–Crippen LogP) is 5.41. The van der Waals surface area contributed by atoms with Crippen molar-refractivity contribution in [2.75, 3.05) is 43.1 Å². The van der Waals surface area contributed by atoms with E-state index < -0.39 is 11.7 Å². The van der Waals surface area contributed by atoms with Gasteiger partial charge in [0.15, 0.2) is 5.60 Å². The van der Waals surface area contributed by atoms with E-state index in [4.69, 9.17) is 14.2 Å². The van der Waals surface area contributed by atoms with Crippen molar-refractivity contribution in [3.8, 4) is 11.5 Å². The molecule has 1 unspecified atom stereocenters. The number of carbonyl (C=O) groups excluding carboxylic acids is 2. The zero-order valence-corrected chi connectivity index (χ0v) is 21.8. The highest BCUT2D eigenvalue weighted by Crippen LogP contribution is 2.57. The molecule has 2 heterocycles. The fourth-order valence-electron chi connectivity index (χ4n) is 5.24. The number of anilines is 2. The predicted molar refractivity (Wildman–Crippen MR) is 146 cm³/mol. The summed E-state index contributed by atoms with van der Waals surface area (Å²) < 4.78 is 18.0. The van der Waals surface area contributed by atoms with Crippen molar-refractivity contribution in [3.05, 3.63) is 95.7 Å². The lowest BCUT2D eigenvalue weighted by atomic mass is 9.77. The number of hydrogen-bond acceptors (Lipinski definition) is 7. The molecule has 0 saturated heterocycles. The lowest BCUT2D eigenvalue weighted by Crippen LogP contribution is -2.34. The van der Waals surface area contributed by atoms with Crippen molar-refractivity contribution in [1.29, 1.82) is 0 Å². The fourth-order valence-corrected chi connectivity index (χ4v) is 5.24. The normalized spacial score (nSPS) is 16.4. The van der Waals surface area contributed by atoms with Crippen LogP contribution in [0.5, 0.6) is 11.5 Å². The standard InChI is InChI=1S/C30H31N3O5/c1-5-32(6-2)20-12-14-24-26(18-20)37-27-19-21(33(7-3)16-17-36-29(35)31-4)13-15-25(27)30(24)23-11-9-8-10-22(23)28(34)38-30/h5,8-15,18-19H,1,6-7,16-17H2,2-4H3,(H,31,35). The molecule has 8 nitrogen and oxygen atoms in total. The van der Waals surface area contributed by atoms with Gasteiger partial charge in [0.1, 0.15) is 18.1 Å². The zero-order valence-electron chi connectivity index (χ0n) is 21.8. The summed E-state index contributed by atoms with van der Waals surface area (Å²) in [7, 11) is 1.53. The van der Waals surface area contributed by atoms with Gasteiger partial charge in [-0.3, -0.25) is 0 Å². The molecule has 0 aliphatic carbocycles. The van der Waals surface area contributed by atoms with Crippen molar-refractivity contribution in [2.24, 2.45) is 0 Å². The van der Waals surface area contributed by atoms with Gasteiger partial charge in [-0.2, -0.15) is 0 Å². The molecule has 3 aromatic carbocycles. The number of hydrogen-bond donors (Lipinski definition) is 1. The topological polar surface area (TPSA) is 80.3 Å². The van der Waals surface area contributed by atoms with Gasteiger partial charge in [0.2, 0.25) is 0 Å². The summed E-state index contributed by atoms with van der Waals surface area (Å²) in [5.41, 5.74) is 3.56. The quantitative estimate of drug-likeness (QED) is 0.404. The molecule has 1 amide bonds. The Labute approximate surface area is 222 Å². The monoisotopic (exact) mass is 513 g/mol. The fraction of sp³-hybridized carbons (Fsp3) is 0.267. The van der Waals surface area contributed by atoms with Crippen LogP contribution >= 0.6 is 0 Å². The Hall–Kier alpha value is -4.46. The van der Waals surface area contributed by atoms with Crippen LogP contribution in [-0.2, 0) is 15.1 Å². The van der Waals surface area contributed by atoms with E-state index in [1.54, 1.807) is 12.3 Å². The average Bonchev–Trinajstić information content (AvgIpc) is 3.24. The molecule has 8 heteroatoms. The molecule has 2 aliphatic rings. The zero-order chi connectivity index (χ0) is 26.9. The molecule has 3 aromatic rings. The van der Waals surface area contributed by atoms with E-state index in [9.17, 15) is 9.59 Å². The molecule has 196 valence electrons. The minimum absolute atomic E-state index is 0.237. The molecule has 5 rings (SSSR count). The number of alkyl carbamates (subject to hydrolysis) is 1. The van der Waals surface area contributed by atoms with Gasteiger partial charge in [0.25, 0.3) is 0 Å². The molecule has 1 atom stereocenters. The lowest BCUT2D eigenvalue weighted by Gasteiger charge is -2.37. The number of carbonyl (C=O) groups is 2. The Morgan fingerprint density at radius 3 is 2.34 bits per heavy atom. The molecular weight excluding hydrogens is 482 g/mol. The van der Waals surface area contributed by atoms with Gasteiger partial charge in [0.05, 0.1) is 12.1 Å². The Bertz CT molecular complexity index is 1400. The van der Waals surface area contributed by atoms with Crippen LogP contribution in [0.25, 0.3) is 0 Å². The minimum Gasteiger partial charge on any atom is -0.456 e. The minimum atomic E-state index is -1.13. The first kappa shape index (κ1) is 25.2. The van der Waals surface area contributed by atoms with Gasteiger partial charge >= 0.3 is 12.1 Å². The Kier molecular flexibility index (Phi) is 6.72. The lowest BCUT2D eigenvalue weighted by molar-refractivity contribution is 0.0224. The number of nitrogens with one attached hydrogen (secondary N) is 1. The molecular formula is C30H31N3O5. The number of likely N-dealkylation sites (N-methyl/N-ethyl adjacent to an activating group) is 1. The Balaban J connectivity index is 1.62. The smallest absolute Gasteiger partial charge is 0.406 e. The maximum Gasteiger partial charge on any atom is 0.406 e. The van der Waals surface area contributed by atoms with E-state index >= 15 is 0 Å². The van der Waals surface area contributed by atoms with E-state index in [1.807, 2.05) is 73.3 Å². The third kappa shape index (κ3) is 4.02. The highest BCUT2D eigenvalue weighted by molar-refractivity contribution is 5.97. The summed E-state index contributed by atoms with van der Waals surface area (Å²) in [5.74, 6) is 0.849. The van der Waals surface area contributed by atoms with Gasteiger partial charge in [-0.25, -0.2) is 9.59 Å². The Morgan fingerprint density at radius 2 is 1.68 bits per heavy atom. The second-order valence-electron chi connectivity index (χ2n) is 9.01. The molecule has 0 bridgehead atoms. The number of nitrogens with zero attached hydrogens (tertiary/aromatic N) is 2. The first-order valence-electron chi connectivity index (χ1n) is 12.7. The summed E-state index contributed by atoms with van der Waals surface area (Å²) in [6.45, 7) is 10.2. The highest BCUT2D eigenvalue weighted by Gasteiger charge is 2.53. The third-order valence-corrected chi connectivity index (χ3v) is 7.12. The largest absolute Gasteiger partial charge is 0.456 e. The van der Waals surface area contributed by atoms with Gasteiger partial charge in [-0.15, -0.1) is 0 Å². The van der Waals surface area contributed by atoms with Crippen LogP contribution < -0.4 is 19.9 Å². The van der Waals surface area contributed by atoms with Gasteiger partial charge in [-0.1, -0.05) is 24.8 Å². The second kappa shape index (κ2) is 10.1. The van der Waals surface area contributed by atoms with E-state index in [0.717, 1.165) is 34.6 Å². The summed E-state index contributed by atoms with van der Waals surface area (Å²) >= 11 is 0. The highest BCUT2D eigenvalue weighted by atomic mass is 16.6. The van der Waals surface area contributed by atoms with Crippen LogP contribution in [0.3, 0.4) is 0 Å². The Morgan fingerprint density at radius 1 is 1.00 bits per heavy atom. The summed E-state index contributed by atoms with van der Waals surface area (Å²) in [4.78, 5) is 28.7. The van der Waals surface area contributed by atoms with Crippen molar-refractivity contribution < 1.29 is 23.8 Å². The maximum absolute atomic E-state index is 13.1. The molecule has 38 heavy (non-hydrogen) atoms. The number of amides is 1. The average molecular weight is 514 g/mol. The molecule has 0 radical (unpaired) electrons.